The van der Waals surface area contributed by atoms with Crippen molar-refractivity contribution < 1.29 is 14.4 Å². The van der Waals surface area contributed by atoms with Crippen LogP contribution in [-0.2, 0) is 6.61 Å². The fourth-order valence-electron chi connectivity index (χ4n) is 2.16. The lowest BCUT2D eigenvalue weighted by atomic mass is 10.1. The van der Waals surface area contributed by atoms with Crippen molar-refractivity contribution in [1.82, 2.24) is 0 Å². The minimum Gasteiger partial charge on any atom is -0.496 e. The summed E-state index contributed by atoms with van der Waals surface area (Å²) in [5.41, 5.74) is 2.26. The molecule has 0 aliphatic rings. The summed E-state index contributed by atoms with van der Waals surface area (Å²) in [6.45, 7) is 1.93. The van der Waals surface area contributed by atoms with Gasteiger partial charge in [-0.3, -0.25) is 10.1 Å². The van der Waals surface area contributed by atoms with Crippen LogP contribution >= 0.6 is 0 Å². The molecule has 0 aromatic heterocycles. The summed E-state index contributed by atoms with van der Waals surface area (Å²) < 4.78 is 11.0. The van der Waals surface area contributed by atoms with Crippen LogP contribution in [0.5, 0.6) is 11.5 Å². The van der Waals surface area contributed by atoms with Crippen LogP contribution in [0.15, 0.2) is 41.5 Å². The molecule has 0 saturated carbocycles. The number of nitrogens with zero attached hydrogens (tertiary/aromatic N) is 2. The van der Waals surface area contributed by atoms with Gasteiger partial charge in [0.25, 0.3) is 5.69 Å². The Morgan fingerprint density at radius 3 is 2.70 bits per heavy atom. The molecule has 2 rings (SSSR count). The van der Waals surface area contributed by atoms with Crippen LogP contribution in [0.2, 0.25) is 0 Å². The average molecular weight is 315 g/mol. The first-order chi connectivity index (χ1) is 11.0. The highest BCUT2D eigenvalue weighted by molar-refractivity contribution is 5.80. The summed E-state index contributed by atoms with van der Waals surface area (Å²) in [6.07, 6.45) is 1.53. The third kappa shape index (κ3) is 3.97. The van der Waals surface area contributed by atoms with E-state index < -0.39 is 4.92 Å². The topological polar surface area (TPSA) is 100.0 Å². The maximum Gasteiger partial charge on any atom is 0.272 e. The maximum absolute atomic E-state index is 10.8. The van der Waals surface area contributed by atoms with Crippen molar-refractivity contribution in [2.45, 2.75) is 13.5 Å². The predicted octanol–water partition coefficient (Wildman–Crippen LogP) is 2.78. The van der Waals surface area contributed by atoms with Crippen molar-refractivity contribution in [3.63, 3.8) is 0 Å². The van der Waals surface area contributed by atoms with Gasteiger partial charge in [-0.15, -0.1) is 0 Å². The summed E-state index contributed by atoms with van der Waals surface area (Å²) in [6, 6.07) is 10.1. The predicted molar refractivity (Wildman–Crippen MR) is 86.9 cm³/mol. The number of nitrogens with two attached hydrogens (primary N) is 1. The van der Waals surface area contributed by atoms with E-state index in [1.165, 1.54) is 12.3 Å². The lowest BCUT2D eigenvalue weighted by molar-refractivity contribution is -0.385. The molecular formula is C16H17N3O4. The highest BCUT2D eigenvalue weighted by atomic mass is 16.6. The number of hydrogen-bond acceptors (Lipinski definition) is 6. The monoisotopic (exact) mass is 315 g/mol. The molecule has 2 N–H and O–H groups in total. The number of hydrazone groups is 1. The van der Waals surface area contributed by atoms with Crippen LogP contribution in [0.1, 0.15) is 16.7 Å². The highest BCUT2D eigenvalue weighted by Crippen LogP contribution is 2.25. The number of rotatable bonds is 6. The van der Waals surface area contributed by atoms with Gasteiger partial charge < -0.3 is 15.3 Å². The molecule has 23 heavy (non-hydrogen) atoms. The van der Waals surface area contributed by atoms with Gasteiger partial charge in [0.1, 0.15) is 18.1 Å². The third-order valence-electron chi connectivity index (χ3n) is 3.29. The number of benzene rings is 2. The Bertz CT molecular complexity index is 744. The molecule has 0 bridgehead atoms. The Balaban J connectivity index is 2.18. The van der Waals surface area contributed by atoms with Crippen molar-refractivity contribution in [2.75, 3.05) is 7.11 Å². The van der Waals surface area contributed by atoms with E-state index in [2.05, 4.69) is 5.10 Å². The van der Waals surface area contributed by atoms with E-state index in [1.807, 2.05) is 12.1 Å². The van der Waals surface area contributed by atoms with Crippen molar-refractivity contribution in [1.29, 1.82) is 0 Å². The molecule has 0 aliphatic carbocycles. The number of methoxy groups -OCH3 is 1. The smallest absolute Gasteiger partial charge is 0.272 e. The van der Waals surface area contributed by atoms with Gasteiger partial charge in [-0.05, 0) is 42.8 Å². The number of ether oxygens (including phenoxy) is 2. The highest BCUT2D eigenvalue weighted by Gasteiger charge is 2.11. The summed E-state index contributed by atoms with van der Waals surface area (Å²) in [4.78, 5) is 10.4. The molecule has 0 fully saturated rings. The van der Waals surface area contributed by atoms with Gasteiger partial charge in [0.2, 0.25) is 0 Å². The zero-order chi connectivity index (χ0) is 16.8. The second kappa shape index (κ2) is 7.26. The van der Waals surface area contributed by atoms with Crippen LogP contribution in [0.25, 0.3) is 0 Å². The van der Waals surface area contributed by atoms with Crippen LogP contribution in [-0.4, -0.2) is 18.2 Å². The lowest BCUT2D eigenvalue weighted by Gasteiger charge is -2.11. The molecule has 0 saturated heterocycles. The molecule has 0 amide bonds. The molecule has 0 atom stereocenters. The van der Waals surface area contributed by atoms with E-state index in [0.717, 1.165) is 11.1 Å². The Kier molecular flexibility index (Phi) is 5.14. The van der Waals surface area contributed by atoms with Crippen molar-refractivity contribution in [2.24, 2.45) is 10.9 Å². The zero-order valence-electron chi connectivity index (χ0n) is 12.9. The lowest BCUT2D eigenvalue weighted by Crippen LogP contribution is -2.01. The molecule has 7 heteroatoms. The molecule has 0 aliphatic heterocycles. The number of nitro benzene ring substituents is 1. The van der Waals surface area contributed by atoms with E-state index in [-0.39, 0.29) is 12.3 Å². The van der Waals surface area contributed by atoms with E-state index in [0.29, 0.717) is 17.1 Å². The molecule has 7 nitrogen and oxygen atoms in total. The Morgan fingerprint density at radius 1 is 1.30 bits per heavy atom. The Morgan fingerprint density at radius 2 is 2.09 bits per heavy atom. The van der Waals surface area contributed by atoms with E-state index in [4.69, 9.17) is 15.3 Å². The minimum absolute atomic E-state index is 0.0658. The average Bonchev–Trinajstić information content (AvgIpc) is 2.53. The summed E-state index contributed by atoms with van der Waals surface area (Å²) >= 11 is 0. The molecular weight excluding hydrogens is 298 g/mol. The largest absolute Gasteiger partial charge is 0.496 e. The van der Waals surface area contributed by atoms with Crippen molar-refractivity contribution in [3.05, 3.63) is 63.2 Å². The summed E-state index contributed by atoms with van der Waals surface area (Å²) in [5, 5.41) is 14.3. The van der Waals surface area contributed by atoms with Crippen molar-refractivity contribution in [3.8, 4) is 11.5 Å². The molecule has 0 spiro atoms. The minimum atomic E-state index is -0.419. The zero-order valence-corrected chi connectivity index (χ0v) is 12.9. The van der Waals surface area contributed by atoms with Gasteiger partial charge in [-0.2, -0.15) is 5.10 Å². The first-order valence-electron chi connectivity index (χ1n) is 6.83. The molecule has 0 unspecified atom stereocenters. The fourth-order valence-corrected chi connectivity index (χ4v) is 2.16. The Hall–Kier alpha value is -3.09. The summed E-state index contributed by atoms with van der Waals surface area (Å²) in [5.74, 6) is 6.38. The molecule has 0 heterocycles. The number of hydrogen-bond donors (Lipinski definition) is 1. The van der Waals surface area contributed by atoms with E-state index in [9.17, 15) is 10.1 Å². The molecule has 2 aromatic rings. The SMILES string of the molecule is COc1ccc(C=NN)cc1COc1ccc([N+](=O)[O-])c(C)c1. The Labute approximate surface area is 133 Å². The van der Waals surface area contributed by atoms with Gasteiger partial charge >= 0.3 is 0 Å². The normalized spacial score (nSPS) is 10.7. The van der Waals surface area contributed by atoms with Gasteiger partial charge in [0.15, 0.2) is 0 Å². The van der Waals surface area contributed by atoms with Crippen LogP contribution < -0.4 is 15.3 Å². The molecule has 2 aromatic carbocycles. The first-order valence-corrected chi connectivity index (χ1v) is 6.83. The molecule has 120 valence electrons. The van der Waals surface area contributed by atoms with Crippen molar-refractivity contribution >= 4 is 11.9 Å². The van der Waals surface area contributed by atoms with Gasteiger partial charge in [0.05, 0.1) is 18.2 Å². The van der Waals surface area contributed by atoms with Gasteiger partial charge in [-0.25, -0.2) is 0 Å². The second-order valence-electron chi connectivity index (χ2n) is 4.84. The van der Waals surface area contributed by atoms with Crippen LogP contribution in [0.3, 0.4) is 0 Å². The van der Waals surface area contributed by atoms with Gasteiger partial charge in [-0.1, -0.05) is 0 Å². The summed E-state index contributed by atoms with van der Waals surface area (Å²) in [7, 11) is 1.57. The fraction of sp³-hybridized carbons (Fsp3) is 0.188. The maximum atomic E-state index is 10.8. The van der Waals surface area contributed by atoms with Gasteiger partial charge in [0, 0.05) is 17.2 Å². The van der Waals surface area contributed by atoms with E-state index in [1.54, 1.807) is 32.2 Å². The van der Waals surface area contributed by atoms with E-state index >= 15 is 0 Å². The standard InChI is InChI=1S/C16H17N3O4/c1-11-7-14(4-5-15(11)19(20)21)23-10-13-8-12(9-18-17)3-6-16(13)22-2/h3-9H,10,17H2,1-2H3. The van der Waals surface area contributed by atoms with Crippen LogP contribution in [0, 0.1) is 17.0 Å². The first kappa shape index (κ1) is 16.3. The van der Waals surface area contributed by atoms with Crippen LogP contribution in [0.4, 0.5) is 5.69 Å². The molecule has 0 radical (unpaired) electrons. The third-order valence-corrected chi connectivity index (χ3v) is 3.29. The quantitative estimate of drug-likeness (QED) is 0.382. The number of aryl methyl sites for hydroxylation is 1. The number of nitro groups is 1. The second-order valence-corrected chi connectivity index (χ2v) is 4.84.